The van der Waals surface area contributed by atoms with Crippen LogP contribution in [0.5, 0.6) is 5.75 Å². The van der Waals surface area contributed by atoms with Crippen LogP contribution in [0.2, 0.25) is 0 Å². The van der Waals surface area contributed by atoms with Gasteiger partial charge in [-0.15, -0.1) is 0 Å². The Balaban J connectivity index is 1.73. The number of ether oxygens (including phenoxy) is 1. The van der Waals surface area contributed by atoms with Crippen LogP contribution >= 0.6 is 0 Å². The van der Waals surface area contributed by atoms with E-state index in [1.807, 2.05) is 0 Å². The maximum absolute atomic E-state index is 6.27. The highest BCUT2D eigenvalue weighted by atomic mass is 16.5. The first-order valence-electron chi connectivity index (χ1n) is 8.35. The Morgan fingerprint density at radius 1 is 1.33 bits per heavy atom. The minimum atomic E-state index is 0.172. The standard InChI is InChI=1S/C18H28N2O/c1-14(2)20-12-6-10-18(20,3)13-21-16-9-4-7-15-8-5-11-19-17(15)16/h4,7,9,14,19H,5-6,8,10-13H2,1-3H3. The fourth-order valence-corrected chi connectivity index (χ4v) is 3.91. The third-order valence-corrected chi connectivity index (χ3v) is 5.01. The second-order valence-electron chi connectivity index (χ2n) is 7.00. The van der Waals surface area contributed by atoms with Gasteiger partial charge in [-0.2, -0.15) is 0 Å². The third-order valence-electron chi connectivity index (χ3n) is 5.01. The number of benzene rings is 1. The first-order valence-corrected chi connectivity index (χ1v) is 8.35. The second-order valence-corrected chi connectivity index (χ2v) is 7.00. The number of likely N-dealkylation sites (tertiary alicyclic amines) is 1. The van der Waals surface area contributed by atoms with Gasteiger partial charge < -0.3 is 10.1 Å². The van der Waals surface area contributed by atoms with Crippen molar-refractivity contribution < 1.29 is 4.74 Å². The maximum Gasteiger partial charge on any atom is 0.142 e. The lowest BCUT2D eigenvalue weighted by Crippen LogP contribution is -2.49. The summed E-state index contributed by atoms with van der Waals surface area (Å²) in [5, 5.41) is 3.51. The molecule has 21 heavy (non-hydrogen) atoms. The van der Waals surface area contributed by atoms with Crippen molar-refractivity contribution in [3.63, 3.8) is 0 Å². The molecule has 3 heteroatoms. The molecule has 0 aliphatic carbocycles. The SMILES string of the molecule is CC(C)N1CCCC1(C)COc1cccc2c1NCCC2. The van der Waals surface area contributed by atoms with Gasteiger partial charge in [-0.05, 0) is 64.6 Å². The van der Waals surface area contributed by atoms with Crippen LogP contribution in [-0.2, 0) is 6.42 Å². The molecule has 0 radical (unpaired) electrons. The number of hydrogen-bond donors (Lipinski definition) is 1. The molecule has 1 fully saturated rings. The Bertz CT molecular complexity index is 500. The summed E-state index contributed by atoms with van der Waals surface area (Å²) in [6.07, 6.45) is 4.89. The quantitative estimate of drug-likeness (QED) is 0.914. The van der Waals surface area contributed by atoms with Gasteiger partial charge in [0.25, 0.3) is 0 Å². The summed E-state index contributed by atoms with van der Waals surface area (Å²) in [6, 6.07) is 7.03. The number of hydrogen-bond acceptors (Lipinski definition) is 3. The molecule has 1 unspecified atom stereocenters. The Hall–Kier alpha value is -1.22. The van der Waals surface area contributed by atoms with Crippen molar-refractivity contribution in [2.45, 2.75) is 58.0 Å². The van der Waals surface area contributed by atoms with Gasteiger partial charge in [0.05, 0.1) is 11.2 Å². The first kappa shape index (κ1) is 14.7. The van der Waals surface area contributed by atoms with Crippen LogP contribution in [0.15, 0.2) is 18.2 Å². The monoisotopic (exact) mass is 288 g/mol. The molecule has 1 saturated heterocycles. The van der Waals surface area contributed by atoms with Crippen LogP contribution in [0.1, 0.15) is 45.6 Å². The van der Waals surface area contributed by atoms with Gasteiger partial charge in [-0.25, -0.2) is 0 Å². The van der Waals surface area contributed by atoms with Gasteiger partial charge in [0.2, 0.25) is 0 Å². The van der Waals surface area contributed by atoms with Crippen molar-refractivity contribution >= 4 is 5.69 Å². The lowest BCUT2D eigenvalue weighted by molar-refractivity contribution is 0.0666. The summed E-state index contributed by atoms with van der Waals surface area (Å²) in [4.78, 5) is 2.59. The molecular weight excluding hydrogens is 260 g/mol. The number of anilines is 1. The summed E-state index contributed by atoms with van der Waals surface area (Å²) in [6.45, 7) is 9.96. The Morgan fingerprint density at radius 2 is 2.19 bits per heavy atom. The van der Waals surface area contributed by atoms with Crippen molar-refractivity contribution in [2.24, 2.45) is 0 Å². The van der Waals surface area contributed by atoms with E-state index in [1.54, 1.807) is 0 Å². The van der Waals surface area contributed by atoms with E-state index in [4.69, 9.17) is 4.74 Å². The predicted octanol–water partition coefficient (Wildman–Crippen LogP) is 3.69. The lowest BCUT2D eigenvalue weighted by Gasteiger charge is -2.38. The van der Waals surface area contributed by atoms with Crippen LogP contribution in [0.4, 0.5) is 5.69 Å². The Labute approximate surface area is 128 Å². The van der Waals surface area contributed by atoms with Gasteiger partial charge in [0.15, 0.2) is 0 Å². The fourth-order valence-electron chi connectivity index (χ4n) is 3.91. The molecule has 1 aromatic carbocycles. The molecule has 0 spiro atoms. The number of rotatable bonds is 4. The topological polar surface area (TPSA) is 24.5 Å². The highest BCUT2D eigenvalue weighted by Gasteiger charge is 2.38. The Morgan fingerprint density at radius 3 is 3.00 bits per heavy atom. The molecule has 0 bridgehead atoms. The van der Waals surface area contributed by atoms with Crippen LogP contribution in [0.3, 0.4) is 0 Å². The molecule has 2 heterocycles. The molecular formula is C18H28N2O. The predicted molar refractivity (Wildman–Crippen MR) is 88.2 cm³/mol. The number of nitrogens with one attached hydrogen (secondary N) is 1. The third kappa shape index (κ3) is 2.89. The van der Waals surface area contributed by atoms with E-state index in [-0.39, 0.29) is 5.54 Å². The van der Waals surface area contributed by atoms with Crippen LogP contribution in [0, 0.1) is 0 Å². The molecule has 0 aromatic heterocycles. The second kappa shape index (κ2) is 5.88. The molecule has 2 aliphatic rings. The van der Waals surface area contributed by atoms with E-state index in [2.05, 4.69) is 49.2 Å². The molecule has 1 N–H and O–H groups in total. The highest BCUT2D eigenvalue weighted by Crippen LogP contribution is 2.35. The number of nitrogens with zero attached hydrogens (tertiary/aromatic N) is 1. The summed E-state index contributed by atoms with van der Waals surface area (Å²) < 4.78 is 6.27. The van der Waals surface area contributed by atoms with E-state index in [1.165, 1.54) is 37.1 Å². The fraction of sp³-hybridized carbons (Fsp3) is 0.667. The zero-order valence-electron chi connectivity index (χ0n) is 13.6. The molecule has 3 rings (SSSR count). The zero-order valence-corrected chi connectivity index (χ0v) is 13.6. The van der Waals surface area contributed by atoms with Crippen molar-refractivity contribution in [3.05, 3.63) is 23.8 Å². The summed E-state index contributed by atoms with van der Waals surface area (Å²) in [7, 11) is 0. The minimum absolute atomic E-state index is 0.172. The zero-order chi connectivity index (χ0) is 14.9. The molecule has 1 atom stereocenters. The van der Waals surface area contributed by atoms with Crippen molar-refractivity contribution in [2.75, 3.05) is 25.0 Å². The molecule has 2 aliphatic heterocycles. The van der Waals surface area contributed by atoms with Crippen LogP contribution in [0.25, 0.3) is 0 Å². The van der Waals surface area contributed by atoms with E-state index in [9.17, 15) is 0 Å². The summed E-state index contributed by atoms with van der Waals surface area (Å²) in [5.41, 5.74) is 2.79. The average Bonchev–Trinajstić information content (AvgIpc) is 2.87. The highest BCUT2D eigenvalue weighted by molar-refractivity contribution is 5.63. The van der Waals surface area contributed by atoms with E-state index in [0.717, 1.165) is 25.3 Å². The molecule has 116 valence electrons. The Kier molecular flexibility index (Phi) is 4.12. The molecule has 0 amide bonds. The van der Waals surface area contributed by atoms with Gasteiger partial charge in [0.1, 0.15) is 12.4 Å². The summed E-state index contributed by atoms with van der Waals surface area (Å²) >= 11 is 0. The van der Waals surface area contributed by atoms with Crippen molar-refractivity contribution in [1.82, 2.24) is 4.90 Å². The van der Waals surface area contributed by atoms with E-state index >= 15 is 0 Å². The van der Waals surface area contributed by atoms with Gasteiger partial charge in [0, 0.05) is 12.6 Å². The smallest absolute Gasteiger partial charge is 0.142 e. The minimum Gasteiger partial charge on any atom is -0.489 e. The van der Waals surface area contributed by atoms with Crippen molar-refractivity contribution in [3.8, 4) is 5.75 Å². The first-order chi connectivity index (χ1) is 10.1. The van der Waals surface area contributed by atoms with Crippen LogP contribution in [-0.4, -0.2) is 36.2 Å². The normalized spacial score (nSPS) is 25.7. The van der Waals surface area contributed by atoms with Crippen molar-refractivity contribution in [1.29, 1.82) is 0 Å². The average molecular weight is 288 g/mol. The largest absolute Gasteiger partial charge is 0.489 e. The number of fused-ring (bicyclic) bond motifs is 1. The summed E-state index contributed by atoms with van der Waals surface area (Å²) in [5.74, 6) is 1.03. The molecule has 1 aromatic rings. The number of para-hydroxylation sites is 1. The molecule has 0 saturated carbocycles. The van der Waals surface area contributed by atoms with Gasteiger partial charge in [-0.1, -0.05) is 12.1 Å². The van der Waals surface area contributed by atoms with E-state index < -0.39 is 0 Å². The number of aryl methyl sites for hydroxylation is 1. The van der Waals surface area contributed by atoms with Crippen LogP contribution < -0.4 is 10.1 Å². The van der Waals surface area contributed by atoms with Gasteiger partial charge >= 0.3 is 0 Å². The van der Waals surface area contributed by atoms with E-state index in [0.29, 0.717) is 6.04 Å². The van der Waals surface area contributed by atoms with Gasteiger partial charge in [-0.3, -0.25) is 4.90 Å². The maximum atomic E-state index is 6.27. The lowest BCUT2D eigenvalue weighted by atomic mass is 9.99. The molecule has 3 nitrogen and oxygen atoms in total.